The maximum absolute atomic E-state index is 12.4. The molecule has 0 aliphatic heterocycles. The molecule has 1 amide bonds. The van der Waals surface area contributed by atoms with Gasteiger partial charge in [-0.05, 0) is 44.6 Å². The fourth-order valence-corrected chi connectivity index (χ4v) is 3.98. The van der Waals surface area contributed by atoms with Crippen molar-refractivity contribution in [2.45, 2.75) is 44.7 Å². The number of carbonyl (C=O) groups is 1. The SMILES string of the molecule is CCCn1c(CN(C)CCCNC(C)=O)nc2cc(S(=O)(=O)N(C)C)ccc21. The van der Waals surface area contributed by atoms with E-state index in [9.17, 15) is 13.2 Å². The number of benzene rings is 1. The van der Waals surface area contributed by atoms with Crippen LogP contribution in [0.1, 0.15) is 32.5 Å². The molecule has 1 aromatic carbocycles. The number of imidazole rings is 1. The Kier molecular flexibility index (Phi) is 7.56. The molecule has 9 heteroatoms. The van der Waals surface area contributed by atoms with E-state index in [0.717, 1.165) is 37.3 Å². The number of rotatable bonds is 10. The molecule has 0 aliphatic carbocycles. The van der Waals surface area contributed by atoms with Gasteiger partial charge < -0.3 is 9.88 Å². The molecule has 0 radical (unpaired) electrons. The van der Waals surface area contributed by atoms with Crippen molar-refractivity contribution in [1.29, 1.82) is 0 Å². The van der Waals surface area contributed by atoms with Crippen LogP contribution in [-0.2, 0) is 27.9 Å². The first kappa shape index (κ1) is 22.3. The van der Waals surface area contributed by atoms with Gasteiger partial charge in [0.15, 0.2) is 0 Å². The van der Waals surface area contributed by atoms with E-state index in [1.807, 2.05) is 13.1 Å². The van der Waals surface area contributed by atoms with Crippen LogP contribution in [-0.4, -0.2) is 67.3 Å². The van der Waals surface area contributed by atoms with Gasteiger partial charge in [0.25, 0.3) is 0 Å². The standard InChI is InChI=1S/C19H31N5O3S/c1-6-11-24-18-9-8-16(28(26,27)22(3)4)13-17(18)21-19(24)14-23(5)12-7-10-20-15(2)25/h8-9,13H,6-7,10-12,14H2,1-5H3,(H,20,25). The lowest BCUT2D eigenvalue weighted by Gasteiger charge is -2.17. The fraction of sp³-hybridized carbons (Fsp3) is 0.579. The Morgan fingerprint density at radius 1 is 1.25 bits per heavy atom. The van der Waals surface area contributed by atoms with Gasteiger partial charge in [0.05, 0.1) is 22.5 Å². The van der Waals surface area contributed by atoms with E-state index >= 15 is 0 Å². The number of aromatic nitrogens is 2. The van der Waals surface area contributed by atoms with E-state index in [2.05, 4.69) is 21.7 Å². The van der Waals surface area contributed by atoms with Crippen LogP contribution >= 0.6 is 0 Å². The average molecular weight is 410 g/mol. The Bertz CT molecular complexity index is 921. The highest BCUT2D eigenvalue weighted by molar-refractivity contribution is 7.89. The zero-order chi connectivity index (χ0) is 20.9. The lowest BCUT2D eigenvalue weighted by molar-refractivity contribution is -0.118. The minimum absolute atomic E-state index is 0.0177. The third-order valence-corrected chi connectivity index (χ3v) is 6.34. The summed E-state index contributed by atoms with van der Waals surface area (Å²) in [5.74, 6) is 0.897. The molecule has 2 rings (SSSR count). The highest BCUT2D eigenvalue weighted by Gasteiger charge is 2.20. The van der Waals surface area contributed by atoms with Gasteiger partial charge in [-0.2, -0.15) is 0 Å². The molecule has 0 saturated carbocycles. The van der Waals surface area contributed by atoms with Gasteiger partial charge in [-0.25, -0.2) is 17.7 Å². The summed E-state index contributed by atoms with van der Waals surface area (Å²) in [6, 6.07) is 5.14. The minimum Gasteiger partial charge on any atom is -0.356 e. The molecule has 1 heterocycles. The predicted octanol–water partition coefficient (Wildman–Crippen LogP) is 1.65. The average Bonchev–Trinajstić information content (AvgIpc) is 2.95. The van der Waals surface area contributed by atoms with Gasteiger partial charge in [-0.3, -0.25) is 9.69 Å². The molecule has 0 spiro atoms. The van der Waals surface area contributed by atoms with Crippen molar-refractivity contribution >= 4 is 27.0 Å². The second-order valence-corrected chi connectivity index (χ2v) is 9.34. The van der Waals surface area contributed by atoms with Crippen molar-refractivity contribution in [2.75, 3.05) is 34.2 Å². The van der Waals surface area contributed by atoms with E-state index < -0.39 is 10.0 Å². The van der Waals surface area contributed by atoms with Crippen LogP contribution in [0, 0.1) is 0 Å². The van der Waals surface area contributed by atoms with E-state index in [0.29, 0.717) is 18.6 Å². The Balaban J connectivity index is 2.25. The number of nitrogens with one attached hydrogen (secondary N) is 1. The number of hydrogen-bond donors (Lipinski definition) is 1. The van der Waals surface area contributed by atoms with Gasteiger partial charge in [-0.1, -0.05) is 6.92 Å². The Morgan fingerprint density at radius 3 is 2.57 bits per heavy atom. The van der Waals surface area contributed by atoms with Gasteiger partial charge >= 0.3 is 0 Å². The minimum atomic E-state index is -3.49. The topological polar surface area (TPSA) is 87.5 Å². The molecule has 1 N–H and O–H groups in total. The molecule has 28 heavy (non-hydrogen) atoms. The van der Waals surface area contributed by atoms with Crippen molar-refractivity contribution in [1.82, 2.24) is 24.1 Å². The summed E-state index contributed by atoms with van der Waals surface area (Å²) in [7, 11) is 1.58. The van der Waals surface area contributed by atoms with Crippen molar-refractivity contribution in [2.24, 2.45) is 0 Å². The number of nitrogens with zero attached hydrogens (tertiary/aromatic N) is 4. The van der Waals surface area contributed by atoms with E-state index in [-0.39, 0.29) is 10.8 Å². The maximum Gasteiger partial charge on any atom is 0.242 e. The third-order valence-electron chi connectivity index (χ3n) is 4.53. The Hall–Kier alpha value is -1.97. The summed E-state index contributed by atoms with van der Waals surface area (Å²) in [4.78, 5) is 18.1. The lowest BCUT2D eigenvalue weighted by Crippen LogP contribution is -2.27. The molecule has 156 valence electrons. The van der Waals surface area contributed by atoms with Crippen LogP contribution in [0.3, 0.4) is 0 Å². The summed E-state index contributed by atoms with van der Waals surface area (Å²) in [5.41, 5.74) is 1.64. The van der Waals surface area contributed by atoms with E-state index in [1.165, 1.54) is 25.3 Å². The van der Waals surface area contributed by atoms with Crippen LogP contribution in [0.5, 0.6) is 0 Å². The number of hydrogen-bond acceptors (Lipinski definition) is 5. The second kappa shape index (κ2) is 9.49. The molecule has 0 bridgehead atoms. The molecule has 1 aromatic heterocycles. The highest BCUT2D eigenvalue weighted by atomic mass is 32.2. The van der Waals surface area contributed by atoms with Crippen molar-refractivity contribution < 1.29 is 13.2 Å². The quantitative estimate of drug-likeness (QED) is 0.603. The molecule has 0 unspecified atom stereocenters. The second-order valence-electron chi connectivity index (χ2n) is 7.19. The zero-order valence-electron chi connectivity index (χ0n) is 17.4. The van der Waals surface area contributed by atoms with Crippen molar-refractivity contribution in [3.05, 3.63) is 24.0 Å². The summed E-state index contributed by atoms with van der Waals surface area (Å²) < 4.78 is 28.2. The van der Waals surface area contributed by atoms with Crippen molar-refractivity contribution in [3.63, 3.8) is 0 Å². The van der Waals surface area contributed by atoms with E-state index in [4.69, 9.17) is 4.98 Å². The molecule has 2 aromatic rings. The first-order valence-electron chi connectivity index (χ1n) is 9.51. The summed E-state index contributed by atoms with van der Waals surface area (Å²) in [6.07, 6.45) is 1.82. The van der Waals surface area contributed by atoms with Crippen LogP contribution in [0.4, 0.5) is 0 Å². The van der Waals surface area contributed by atoms with Crippen LogP contribution in [0.15, 0.2) is 23.1 Å². The maximum atomic E-state index is 12.4. The van der Waals surface area contributed by atoms with Crippen LogP contribution < -0.4 is 5.32 Å². The summed E-state index contributed by atoms with van der Waals surface area (Å²) in [5, 5.41) is 2.80. The van der Waals surface area contributed by atoms with Crippen LogP contribution in [0.25, 0.3) is 11.0 Å². The number of sulfonamides is 1. The molecule has 0 aliphatic rings. The molecule has 0 saturated heterocycles. The zero-order valence-corrected chi connectivity index (χ0v) is 18.2. The third kappa shape index (κ3) is 5.30. The predicted molar refractivity (Wildman–Crippen MR) is 111 cm³/mol. The Morgan fingerprint density at radius 2 is 1.96 bits per heavy atom. The first-order valence-corrected chi connectivity index (χ1v) is 11.0. The number of aryl methyl sites for hydroxylation is 1. The molecule has 0 fully saturated rings. The van der Waals surface area contributed by atoms with Gasteiger partial charge in [0, 0.05) is 34.1 Å². The van der Waals surface area contributed by atoms with E-state index in [1.54, 1.807) is 12.1 Å². The van der Waals surface area contributed by atoms with Crippen LogP contribution in [0.2, 0.25) is 0 Å². The first-order chi connectivity index (χ1) is 13.2. The number of fused-ring (bicyclic) bond motifs is 1. The van der Waals surface area contributed by atoms with Crippen molar-refractivity contribution in [3.8, 4) is 0 Å². The largest absolute Gasteiger partial charge is 0.356 e. The molecular weight excluding hydrogens is 378 g/mol. The molecular formula is C19H31N5O3S. The van der Waals surface area contributed by atoms with Gasteiger partial charge in [-0.15, -0.1) is 0 Å². The number of amides is 1. The monoisotopic (exact) mass is 409 g/mol. The highest BCUT2D eigenvalue weighted by Crippen LogP contribution is 2.23. The number of carbonyl (C=O) groups excluding carboxylic acids is 1. The summed E-state index contributed by atoms with van der Waals surface area (Å²) in [6.45, 7) is 6.59. The smallest absolute Gasteiger partial charge is 0.242 e. The fourth-order valence-electron chi connectivity index (χ4n) is 3.06. The summed E-state index contributed by atoms with van der Waals surface area (Å²) >= 11 is 0. The Labute approximate surface area is 167 Å². The molecule has 0 atom stereocenters. The van der Waals surface area contributed by atoms with Gasteiger partial charge in [0.1, 0.15) is 5.82 Å². The normalized spacial score (nSPS) is 12.2. The lowest BCUT2D eigenvalue weighted by atomic mass is 10.3. The van der Waals surface area contributed by atoms with Gasteiger partial charge in [0.2, 0.25) is 15.9 Å². The molecule has 8 nitrogen and oxygen atoms in total.